The van der Waals surface area contributed by atoms with Crippen LogP contribution < -0.4 is 9.47 Å². The third kappa shape index (κ3) is 3.63. The molecule has 0 radical (unpaired) electrons. The second kappa shape index (κ2) is 7.00. The van der Waals surface area contributed by atoms with Gasteiger partial charge in [-0.3, -0.25) is 0 Å². The molecule has 0 N–H and O–H groups in total. The van der Waals surface area contributed by atoms with Gasteiger partial charge < -0.3 is 9.47 Å². The molecule has 5 heteroatoms. The largest absolute Gasteiger partial charge is 0.520 e. The van der Waals surface area contributed by atoms with Crippen LogP contribution in [-0.4, -0.2) is 15.9 Å². The first-order valence-electron chi connectivity index (χ1n) is 7.64. The highest BCUT2D eigenvalue weighted by Gasteiger charge is 2.19. The summed E-state index contributed by atoms with van der Waals surface area (Å²) in [6.45, 7) is 1.90. The van der Waals surface area contributed by atoms with Gasteiger partial charge in [0.15, 0.2) is 0 Å². The fourth-order valence-corrected chi connectivity index (χ4v) is 2.50. The van der Waals surface area contributed by atoms with E-state index in [0.29, 0.717) is 18.1 Å². The van der Waals surface area contributed by atoms with Crippen LogP contribution in [0.2, 0.25) is 0 Å². The number of benzene rings is 2. The third-order valence-electron chi connectivity index (χ3n) is 3.64. The maximum atomic E-state index is 12.1. The Morgan fingerprint density at radius 1 is 1.00 bits per heavy atom. The van der Waals surface area contributed by atoms with E-state index in [2.05, 4.69) is 5.10 Å². The Hall–Kier alpha value is -3.08. The predicted octanol–water partition coefficient (Wildman–Crippen LogP) is 3.90. The van der Waals surface area contributed by atoms with E-state index in [0.717, 1.165) is 16.8 Å². The van der Waals surface area contributed by atoms with Crippen LogP contribution in [0.1, 0.15) is 16.8 Å². The molecule has 0 fully saturated rings. The number of carbonyl (C=O) groups excluding carboxylic acids is 1. The van der Waals surface area contributed by atoms with E-state index < -0.39 is 6.16 Å². The molecular formula is C19H18N2O3. The van der Waals surface area contributed by atoms with Crippen molar-refractivity contribution in [2.75, 3.05) is 0 Å². The minimum Gasteiger partial charge on any atom is -0.395 e. The average Bonchev–Trinajstić information content (AvgIpc) is 2.84. The first-order chi connectivity index (χ1) is 11.6. The van der Waals surface area contributed by atoms with E-state index in [-0.39, 0.29) is 0 Å². The van der Waals surface area contributed by atoms with Crippen molar-refractivity contribution in [1.29, 1.82) is 0 Å². The van der Waals surface area contributed by atoms with Crippen LogP contribution >= 0.6 is 0 Å². The van der Waals surface area contributed by atoms with E-state index >= 15 is 0 Å². The monoisotopic (exact) mass is 322 g/mol. The minimum absolute atomic E-state index is 0.400. The summed E-state index contributed by atoms with van der Waals surface area (Å²) < 4.78 is 12.2. The van der Waals surface area contributed by atoms with Crippen molar-refractivity contribution in [2.24, 2.45) is 7.05 Å². The summed E-state index contributed by atoms with van der Waals surface area (Å²) in [5, 5.41) is 4.35. The highest BCUT2D eigenvalue weighted by molar-refractivity contribution is 5.67. The number of para-hydroxylation sites is 1. The van der Waals surface area contributed by atoms with Gasteiger partial charge in [-0.25, -0.2) is 9.48 Å². The fourth-order valence-electron chi connectivity index (χ4n) is 2.50. The van der Waals surface area contributed by atoms with Crippen LogP contribution in [-0.2, 0) is 13.5 Å². The minimum atomic E-state index is -0.779. The van der Waals surface area contributed by atoms with E-state index in [1.54, 1.807) is 36.0 Å². The molecule has 122 valence electrons. The van der Waals surface area contributed by atoms with E-state index in [1.165, 1.54) is 0 Å². The van der Waals surface area contributed by atoms with Gasteiger partial charge >= 0.3 is 6.16 Å². The second-order valence-corrected chi connectivity index (χ2v) is 5.42. The molecule has 0 aliphatic carbocycles. The molecule has 5 nitrogen and oxygen atoms in total. The molecule has 2 aromatic carbocycles. The molecule has 0 aliphatic rings. The summed E-state index contributed by atoms with van der Waals surface area (Å²) in [6.07, 6.45) is -0.146. The van der Waals surface area contributed by atoms with Crippen LogP contribution in [0.3, 0.4) is 0 Å². The summed E-state index contributed by atoms with van der Waals surface area (Å²) in [4.78, 5) is 12.1. The topological polar surface area (TPSA) is 53.4 Å². The van der Waals surface area contributed by atoms with Crippen LogP contribution in [0.4, 0.5) is 4.79 Å². The van der Waals surface area contributed by atoms with Crippen molar-refractivity contribution in [2.45, 2.75) is 13.3 Å². The lowest BCUT2D eigenvalue weighted by Gasteiger charge is -2.08. The SMILES string of the molecule is Cc1nn(C)c(OC(=O)Oc2ccccc2)c1Cc1ccccc1. The molecule has 1 heterocycles. The van der Waals surface area contributed by atoms with Gasteiger partial charge in [0.2, 0.25) is 5.88 Å². The number of carbonyl (C=O) groups is 1. The second-order valence-electron chi connectivity index (χ2n) is 5.42. The van der Waals surface area contributed by atoms with E-state index in [1.807, 2.05) is 43.3 Å². The molecule has 0 saturated carbocycles. The number of ether oxygens (including phenoxy) is 2. The first kappa shape index (κ1) is 15.8. The van der Waals surface area contributed by atoms with Crippen molar-refractivity contribution in [1.82, 2.24) is 9.78 Å². The highest BCUT2D eigenvalue weighted by atomic mass is 16.7. The molecule has 0 aliphatic heterocycles. The average molecular weight is 322 g/mol. The number of rotatable bonds is 4. The normalized spacial score (nSPS) is 10.4. The Labute approximate surface area is 140 Å². The summed E-state index contributed by atoms with van der Waals surface area (Å²) in [7, 11) is 1.74. The zero-order chi connectivity index (χ0) is 16.9. The van der Waals surface area contributed by atoms with Gasteiger partial charge in [-0.05, 0) is 24.6 Å². The van der Waals surface area contributed by atoms with Gasteiger partial charge in [0.1, 0.15) is 5.75 Å². The number of aryl methyl sites for hydroxylation is 2. The van der Waals surface area contributed by atoms with E-state index in [4.69, 9.17) is 9.47 Å². The van der Waals surface area contributed by atoms with Crippen LogP contribution in [0.15, 0.2) is 60.7 Å². The molecule has 24 heavy (non-hydrogen) atoms. The molecule has 0 bridgehead atoms. The predicted molar refractivity (Wildman–Crippen MR) is 90.3 cm³/mol. The number of aromatic nitrogens is 2. The van der Waals surface area contributed by atoms with Crippen molar-refractivity contribution in [3.05, 3.63) is 77.5 Å². The van der Waals surface area contributed by atoms with E-state index in [9.17, 15) is 4.79 Å². The number of nitrogens with zero attached hydrogens (tertiary/aromatic N) is 2. The molecule has 0 atom stereocenters. The Morgan fingerprint density at radius 3 is 2.29 bits per heavy atom. The van der Waals surface area contributed by atoms with Gasteiger partial charge in [-0.15, -0.1) is 0 Å². The highest BCUT2D eigenvalue weighted by Crippen LogP contribution is 2.25. The molecule has 0 saturated heterocycles. The van der Waals surface area contributed by atoms with Gasteiger partial charge in [0.25, 0.3) is 0 Å². The summed E-state index contributed by atoms with van der Waals surface area (Å²) in [5.74, 6) is 0.836. The van der Waals surface area contributed by atoms with Gasteiger partial charge in [0, 0.05) is 19.0 Å². The van der Waals surface area contributed by atoms with Gasteiger partial charge in [-0.2, -0.15) is 5.10 Å². The Morgan fingerprint density at radius 2 is 1.62 bits per heavy atom. The van der Waals surface area contributed by atoms with Crippen molar-refractivity contribution in [3.63, 3.8) is 0 Å². The van der Waals surface area contributed by atoms with Crippen LogP contribution in [0.25, 0.3) is 0 Å². The Bertz CT molecular complexity index is 827. The molecule has 0 unspecified atom stereocenters. The lowest BCUT2D eigenvalue weighted by atomic mass is 10.1. The zero-order valence-electron chi connectivity index (χ0n) is 13.6. The standard InChI is InChI=1S/C19H18N2O3/c1-14-17(13-15-9-5-3-6-10-15)18(21(2)20-14)24-19(22)23-16-11-7-4-8-12-16/h3-12H,13H2,1-2H3. The molecule has 0 spiro atoms. The van der Waals surface area contributed by atoms with Gasteiger partial charge in [-0.1, -0.05) is 48.5 Å². The van der Waals surface area contributed by atoms with Crippen molar-refractivity contribution >= 4 is 6.16 Å². The summed E-state index contributed by atoms with van der Waals surface area (Å²) in [6, 6.07) is 18.8. The van der Waals surface area contributed by atoms with Crippen LogP contribution in [0.5, 0.6) is 11.6 Å². The quantitative estimate of drug-likeness (QED) is 0.540. The smallest absolute Gasteiger partial charge is 0.395 e. The first-order valence-corrected chi connectivity index (χ1v) is 7.64. The Kier molecular flexibility index (Phi) is 4.61. The van der Waals surface area contributed by atoms with Gasteiger partial charge in [0.05, 0.1) is 5.69 Å². The fraction of sp³-hybridized carbons (Fsp3) is 0.158. The summed E-state index contributed by atoms with van der Waals surface area (Å²) in [5.41, 5.74) is 2.81. The Balaban J connectivity index is 1.79. The molecule has 0 amide bonds. The number of hydrogen-bond donors (Lipinski definition) is 0. The molecule has 3 aromatic rings. The summed E-state index contributed by atoms with van der Waals surface area (Å²) >= 11 is 0. The third-order valence-corrected chi connectivity index (χ3v) is 3.64. The van der Waals surface area contributed by atoms with Crippen LogP contribution in [0, 0.1) is 6.92 Å². The number of hydrogen-bond acceptors (Lipinski definition) is 4. The zero-order valence-corrected chi connectivity index (χ0v) is 13.6. The molecule has 3 rings (SSSR count). The molecule has 1 aromatic heterocycles. The lowest BCUT2D eigenvalue weighted by Crippen LogP contribution is -2.16. The van der Waals surface area contributed by atoms with Crippen molar-refractivity contribution in [3.8, 4) is 11.6 Å². The maximum absolute atomic E-state index is 12.1. The lowest BCUT2D eigenvalue weighted by molar-refractivity contribution is 0.147. The molecular weight excluding hydrogens is 304 g/mol. The van der Waals surface area contributed by atoms with Crippen molar-refractivity contribution < 1.29 is 14.3 Å². The maximum Gasteiger partial charge on any atom is 0.520 e.